The number of H-pyrrole nitrogens is 1. The second-order valence-corrected chi connectivity index (χ2v) is 4.12. The van der Waals surface area contributed by atoms with E-state index in [9.17, 15) is 13.2 Å². The number of halogens is 3. The van der Waals surface area contributed by atoms with E-state index in [0.29, 0.717) is 21.9 Å². The Hall–Kier alpha value is -1.52. The Kier molecular flexibility index (Phi) is 3.09. The number of alkyl halides is 3. The highest BCUT2D eigenvalue weighted by Gasteiger charge is 2.35. The van der Waals surface area contributed by atoms with Crippen molar-refractivity contribution in [2.75, 3.05) is 0 Å². The van der Waals surface area contributed by atoms with Gasteiger partial charge in [-0.15, -0.1) is 11.3 Å². The molecule has 10 heteroatoms. The summed E-state index contributed by atoms with van der Waals surface area (Å²) in [7, 11) is 0. The molecule has 2 aromatic rings. The van der Waals surface area contributed by atoms with Crippen molar-refractivity contribution in [3.05, 3.63) is 28.0 Å². The van der Waals surface area contributed by atoms with Crippen molar-refractivity contribution in [2.45, 2.75) is 12.2 Å². The number of rotatable bonds is 3. The van der Waals surface area contributed by atoms with Crippen LogP contribution in [0.4, 0.5) is 13.2 Å². The number of nitrogens with zero attached hydrogens (tertiary/aromatic N) is 3. The fourth-order valence-electron chi connectivity index (χ4n) is 1.21. The molecule has 4 N–H and O–H groups in total. The van der Waals surface area contributed by atoms with Crippen LogP contribution in [0.15, 0.2) is 12.4 Å². The molecule has 0 saturated carbocycles. The zero-order chi connectivity index (χ0) is 12.5. The van der Waals surface area contributed by atoms with Gasteiger partial charge in [-0.25, -0.2) is 10.4 Å². The van der Waals surface area contributed by atoms with Crippen molar-refractivity contribution in [2.24, 2.45) is 5.84 Å². The molecular weight excluding hydrogens is 257 g/mol. The van der Waals surface area contributed by atoms with Crippen molar-refractivity contribution in [1.82, 2.24) is 25.8 Å². The zero-order valence-electron chi connectivity index (χ0n) is 8.19. The summed E-state index contributed by atoms with van der Waals surface area (Å²) in [6.07, 6.45) is -1.96. The SMILES string of the molecule is NNC(c1cn[nH]n1)c1cnc(C(F)(F)F)s1. The summed E-state index contributed by atoms with van der Waals surface area (Å²) in [5.74, 6) is 5.28. The Morgan fingerprint density at radius 3 is 2.65 bits per heavy atom. The van der Waals surface area contributed by atoms with Gasteiger partial charge in [0, 0.05) is 11.1 Å². The van der Waals surface area contributed by atoms with Gasteiger partial charge in [0.05, 0.1) is 6.20 Å². The minimum atomic E-state index is -4.45. The lowest BCUT2D eigenvalue weighted by Gasteiger charge is -2.09. The first-order valence-electron chi connectivity index (χ1n) is 4.37. The van der Waals surface area contributed by atoms with Gasteiger partial charge >= 0.3 is 6.18 Å². The molecule has 0 radical (unpaired) electrons. The Balaban J connectivity index is 2.30. The normalized spacial score (nSPS) is 13.9. The van der Waals surface area contributed by atoms with Gasteiger partial charge < -0.3 is 0 Å². The number of thiazole rings is 1. The number of nitrogens with one attached hydrogen (secondary N) is 2. The monoisotopic (exact) mass is 264 g/mol. The van der Waals surface area contributed by atoms with Crippen LogP contribution in [0.2, 0.25) is 0 Å². The van der Waals surface area contributed by atoms with Crippen LogP contribution < -0.4 is 11.3 Å². The number of hydrogen-bond acceptors (Lipinski definition) is 6. The molecule has 0 amide bonds. The zero-order valence-corrected chi connectivity index (χ0v) is 9.01. The number of nitrogens with two attached hydrogens (primary N) is 1. The Morgan fingerprint density at radius 1 is 1.41 bits per heavy atom. The van der Waals surface area contributed by atoms with E-state index in [1.807, 2.05) is 0 Å². The molecule has 0 aromatic carbocycles. The highest BCUT2D eigenvalue weighted by Crippen LogP contribution is 2.35. The highest BCUT2D eigenvalue weighted by atomic mass is 32.1. The van der Waals surface area contributed by atoms with Crippen molar-refractivity contribution >= 4 is 11.3 Å². The number of hydrogen-bond donors (Lipinski definition) is 3. The number of aromatic amines is 1. The van der Waals surface area contributed by atoms with Gasteiger partial charge in [-0.1, -0.05) is 0 Å². The van der Waals surface area contributed by atoms with Gasteiger partial charge in [-0.3, -0.25) is 5.84 Å². The fourth-order valence-corrected chi connectivity index (χ4v) is 2.07. The average Bonchev–Trinajstić information content (AvgIpc) is 2.87. The molecule has 92 valence electrons. The van der Waals surface area contributed by atoms with Gasteiger partial charge in [0.1, 0.15) is 11.7 Å². The van der Waals surface area contributed by atoms with Crippen LogP contribution in [0, 0.1) is 0 Å². The topological polar surface area (TPSA) is 92.5 Å². The molecule has 2 rings (SSSR count). The summed E-state index contributed by atoms with van der Waals surface area (Å²) >= 11 is 0.510. The van der Waals surface area contributed by atoms with E-state index in [0.717, 1.165) is 6.20 Å². The molecule has 0 aliphatic heterocycles. The van der Waals surface area contributed by atoms with Crippen LogP contribution in [0.25, 0.3) is 0 Å². The van der Waals surface area contributed by atoms with Crippen molar-refractivity contribution in [3.63, 3.8) is 0 Å². The van der Waals surface area contributed by atoms with E-state index in [2.05, 4.69) is 25.8 Å². The Bertz CT molecular complexity index is 478. The number of hydrazine groups is 1. The molecule has 6 nitrogen and oxygen atoms in total. The summed E-state index contributed by atoms with van der Waals surface area (Å²) in [6, 6.07) is -0.664. The van der Waals surface area contributed by atoms with Crippen molar-refractivity contribution in [3.8, 4) is 0 Å². The lowest BCUT2D eigenvalue weighted by atomic mass is 10.2. The van der Waals surface area contributed by atoms with Crippen LogP contribution in [0.1, 0.15) is 21.6 Å². The largest absolute Gasteiger partial charge is 0.443 e. The second kappa shape index (κ2) is 4.39. The molecule has 0 saturated heterocycles. The van der Waals surface area contributed by atoms with E-state index in [4.69, 9.17) is 5.84 Å². The first-order valence-corrected chi connectivity index (χ1v) is 5.18. The molecule has 1 unspecified atom stereocenters. The Labute approximate surface area is 97.0 Å². The molecule has 17 heavy (non-hydrogen) atoms. The first kappa shape index (κ1) is 12.0. The quantitative estimate of drug-likeness (QED) is 0.564. The molecule has 0 aliphatic rings. The molecule has 0 fully saturated rings. The third-order valence-electron chi connectivity index (χ3n) is 1.95. The Morgan fingerprint density at radius 2 is 2.18 bits per heavy atom. The highest BCUT2D eigenvalue weighted by molar-refractivity contribution is 7.11. The summed E-state index contributed by atoms with van der Waals surface area (Å²) < 4.78 is 37.1. The molecule has 0 bridgehead atoms. The third kappa shape index (κ3) is 2.43. The van der Waals surface area contributed by atoms with Gasteiger partial charge in [0.15, 0.2) is 5.01 Å². The predicted molar refractivity (Wildman–Crippen MR) is 52.7 cm³/mol. The molecule has 0 spiro atoms. The summed E-state index contributed by atoms with van der Waals surface area (Å²) in [4.78, 5) is 3.62. The van der Waals surface area contributed by atoms with E-state index in [1.165, 1.54) is 6.20 Å². The maximum atomic E-state index is 12.4. The maximum absolute atomic E-state index is 12.4. The smallest absolute Gasteiger partial charge is 0.270 e. The summed E-state index contributed by atoms with van der Waals surface area (Å²) in [6.45, 7) is 0. The minimum absolute atomic E-state index is 0.314. The molecular formula is C7H7F3N6S. The van der Waals surface area contributed by atoms with Crippen molar-refractivity contribution < 1.29 is 13.2 Å². The van der Waals surface area contributed by atoms with Crippen molar-refractivity contribution in [1.29, 1.82) is 0 Å². The standard InChI is InChI=1S/C7H7F3N6S/c8-7(9,10)6-12-2-4(17-6)5(14-11)3-1-13-16-15-3/h1-2,5,14H,11H2,(H,13,15,16). The second-order valence-electron chi connectivity index (χ2n) is 3.06. The predicted octanol–water partition coefficient (Wildman–Crippen LogP) is 0.833. The molecule has 0 aliphatic carbocycles. The van der Waals surface area contributed by atoms with Crippen LogP contribution >= 0.6 is 11.3 Å². The molecule has 2 heterocycles. The van der Waals surface area contributed by atoms with Gasteiger partial charge in [0.2, 0.25) is 0 Å². The minimum Gasteiger partial charge on any atom is -0.270 e. The lowest BCUT2D eigenvalue weighted by molar-refractivity contribution is -0.137. The van der Waals surface area contributed by atoms with E-state index in [1.54, 1.807) is 0 Å². The van der Waals surface area contributed by atoms with E-state index < -0.39 is 17.2 Å². The van der Waals surface area contributed by atoms with Crippen LogP contribution in [0.3, 0.4) is 0 Å². The summed E-state index contributed by atoms with van der Waals surface area (Å²) in [5, 5.41) is 8.75. The fraction of sp³-hybridized carbons (Fsp3) is 0.286. The van der Waals surface area contributed by atoms with Gasteiger partial charge in [-0.05, 0) is 0 Å². The molecule has 2 aromatic heterocycles. The third-order valence-corrected chi connectivity index (χ3v) is 3.05. The summed E-state index contributed by atoms with van der Waals surface area (Å²) in [5.41, 5.74) is 2.76. The maximum Gasteiger partial charge on any atom is 0.443 e. The van der Waals surface area contributed by atoms with Crippen LogP contribution in [0.5, 0.6) is 0 Å². The first-order chi connectivity index (χ1) is 8.02. The lowest BCUT2D eigenvalue weighted by Crippen LogP contribution is -2.28. The average molecular weight is 264 g/mol. The van der Waals surface area contributed by atoms with Crippen LogP contribution in [-0.2, 0) is 6.18 Å². The van der Waals surface area contributed by atoms with Gasteiger partial charge in [0.25, 0.3) is 0 Å². The van der Waals surface area contributed by atoms with E-state index in [-0.39, 0.29) is 0 Å². The van der Waals surface area contributed by atoms with E-state index >= 15 is 0 Å². The van der Waals surface area contributed by atoms with Gasteiger partial charge in [-0.2, -0.15) is 28.6 Å². The number of aromatic nitrogens is 4. The van der Waals surface area contributed by atoms with Crippen LogP contribution in [-0.4, -0.2) is 20.4 Å². The molecule has 1 atom stereocenters.